The van der Waals surface area contributed by atoms with Crippen molar-refractivity contribution in [2.24, 2.45) is 0 Å². The molecule has 3 nitrogen and oxygen atoms in total. The van der Waals surface area contributed by atoms with Gasteiger partial charge in [0.1, 0.15) is 0 Å². The lowest BCUT2D eigenvalue weighted by molar-refractivity contribution is -0.129. The molecule has 2 aromatic heterocycles. The second-order valence-corrected chi connectivity index (χ2v) is 6.37. The van der Waals surface area contributed by atoms with Gasteiger partial charge < -0.3 is 4.90 Å². The molecule has 5 heteroatoms. The quantitative estimate of drug-likeness (QED) is 0.862. The lowest BCUT2D eigenvalue weighted by Gasteiger charge is -2.16. The number of thiophene rings is 1. The van der Waals surface area contributed by atoms with Crippen LogP contribution in [0.2, 0.25) is 0 Å². The van der Waals surface area contributed by atoms with Gasteiger partial charge in [0.2, 0.25) is 5.91 Å². The Balaban J connectivity index is 1.95. The lowest BCUT2D eigenvalue weighted by atomic mass is 10.2. The lowest BCUT2D eigenvalue weighted by Crippen LogP contribution is -2.27. The van der Waals surface area contributed by atoms with Gasteiger partial charge in [-0.1, -0.05) is 0 Å². The van der Waals surface area contributed by atoms with Crippen molar-refractivity contribution in [3.8, 4) is 0 Å². The Labute approximate surface area is 115 Å². The number of hydrogen-bond donors (Lipinski definition) is 0. The topological polar surface area (TPSA) is 33.2 Å². The van der Waals surface area contributed by atoms with Crippen LogP contribution in [0.15, 0.2) is 16.8 Å². The van der Waals surface area contributed by atoms with Gasteiger partial charge in [-0.25, -0.2) is 4.98 Å². The van der Waals surface area contributed by atoms with E-state index in [1.54, 1.807) is 27.6 Å². The van der Waals surface area contributed by atoms with Crippen molar-refractivity contribution in [1.82, 2.24) is 9.88 Å². The highest BCUT2D eigenvalue weighted by atomic mass is 32.1. The summed E-state index contributed by atoms with van der Waals surface area (Å²) in [6.07, 6.45) is 0.394. The molecule has 2 rings (SSSR count). The van der Waals surface area contributed by atoms with Crippen LogP contribution in [0, 0.1) is 13.8 Å². The number of carbonyl (C=O) groups excluding carboxylic acids is 1. The Morgan fingerprint density at radius 3 is 2.72 bits per heavy atom. The van der Waals surface area contributed by atoms with Gasteiger partial charge in [-0.15, -0.1) is 22.7 Å². The minimum Gasteiger partial charge on any atom is -0.340 e. The maximum absolute atomic E-state index is 12.1. The molecule has 18 heavy (non-hydrogen) atoms. The Bertz CT molecular complexity index is 545. The van der Waals surface area contributed by atoms with Crippen LogP contribution in [-0.2, 0) is 17.8 Å². The van der Waals surface area contributed by atoms with Crippen LogP contribution < -0.4 is 0 Å². The fourth-order valence-electron chi connectivity index (χ4n) is 1.65. The average molecular weight is 280 g/mol. The molecule has 0 N–H and O–H groups in total. The van der Waals surface area contributed by atoms with Crippen LogP contribution in [0.3, 0.4) is 0 Å². The third-order valence-electron chi connectivity index (χ3n) is 2.77. The van der Waals surface area contributed by atoms with E-state index in [1.807, 2.05) is 19.4 Å². The summed E-state index contributed by atoms with van der Waals surface area (Å²) in [6, 6.07) is 2.09. The fraction of sp³-hybridized carbons (Fsp3) is 0.385. The normalized spacial score (nSPS) is 10.6. The van der Waals surface area contributed by atoms with E-state index in [1.165, 1.54) is 10.4 Å². The van der Waals surface area contributed by atoms with E-state index >= 15 is 0 Å². The fourth-order valence-corrected chi connectivity index (χ4v) is 3.22. The number of aryl methyl sites for hydroxylation is 2. The summed E-state index contributed by atoms with van der Waals surface area (Å²) in [5, 5.41) is 5.03. The van der Waals surface area contributed by atoms with Crippen molar-refractivity contribution < 1.29 is 4.79 Å². The zero-order valence-electron chi connectivity index (χ0n) is 10.8. The predicted octanol–water partition coefficient (Wildman–Crippen LogP) is 3.02. The SMILES string of the molecule is Cc1nc(CC(=O)N(C)Cc2sccc2C)cs1. The molecule has 0 aromatic carbocycles. The highest BCUT2D eigenvalue weighted by Crippen LogP contribution is 2.18. The zero-order chi connectivity index (χ0) is 13.1. The second-order valence-electron chi connectivity index (χ2n) is 4.31. The molecule has 2 heterocycles. The summed E-state index contributed by atoms with van der Waals surface area (Å²) in [5.41, 5.74) is 2.13. The molecular weight excluding hydrogens is 264 g/mol. The van der Waals surface area contributed by atoms with Crippen LogP contribution >= 0.6 is 22.7 Å². The summed E-state index contributed by atoms with van der Waals surface area (Å²) in [4.78, 5) is 19.4. The number of thiazole rings is 1. The predicted molar refractivity (Wildman–Crippen MR) is 76.1 cm³/mol. The standard InChI is InChI=1S/C13H16N2OS2/c1-9-4-5-17-12(9)7-15(3)13(16)6-11-8-18-10(2)14-11/h4-5,8H,6-7H2,1-3H3. The van der Waals surface area contributed by atoms with E-state index < -0.39 is 0 Å². The number of carbonyl (C=O) groups is 1. The van der Waals surface area contributed by atoms with Crippen molar-refractivity contribution in [3.63, 3.8) is 0 Å². The summed E-state index contributed by atoms with van der Waals surface area (Å²) in [6.45, 7) is 4.72. The first-order chi connectivity index (χ1) is 8.56. The van der Waals surface area contributed by atoms with Gasteiger partial charge in [0.25, 0.3) is 0 Å². The van der Waals surface area contributed by atoms with Crippen molar-refractivity contribution in [2.45, 2.75) is 26.8 Å². The van der Waals surface area contributed by atoms with Crippen LogP contribution in [-0.4, -0.2) is 22.8 Å². The first kappa shape index (κ1) is 13.2. The Morgan fingerprint density at radius 1 is 1.39 bits per heavy atom. The molecule has 0 aliphatic heterocycles. The van der Waals surface area contributed by atoms with Gasteiger partial charge in [0.05, 0.1) is 23.7 Å². The van der Waals surface area contributed by atoms with Crippen molar-refractivity contribution in [3.05, 3.63) is 38.0 Å². The van der Waals surface area contributed by atoms with Gasteiger partial charge in [-0.2, -0.15) is 0 Å². The smallest absolute Gasteiger partial charge is 0.228 e. The molecular formula is C13H16N2OS2. The van der Waals surface area contributed by atoms with Crippen molar-refractivity contribution in [2.75, 3.05) is 7.05 Å². The number of amides is 1. The maximum Gasteiger partial charge on any atom is 0.228 e. The Kier molecular flexibility index (Phi) is 4.14. The van der Waals surface area contributed by atoms with Gasteiger partial charge in [-0.05, 0) is 30.9 Å². The minimum absolute atomic E-state index is 0.119. The van der Waals surface area contributed by atoms with Crippen LogP contribution in [0.4, 0.5) is 0 Å². The molecule has 96 valence electrons. The molecule has 0 aliphatic rings. The molecule has 2 aromatic rings. The van der Waals surface area contributed by atoms with E-state index in [0.717, 1.165) is 10.7 Å². The third kappa shape index (κ3) is 3.17. The van der Waals surface area contributed by atoms with Gasteiger partial charge >= 0.3 is 0 Å². The highest BCUT2D eigenvalue weighted by Gasteiger charge is 2.13. The second kappa shape index (κ2) is 5.63. The van der Waals surface area contributed by atoms with E-state index in [-0.39, 0.29) is 5.91 Å². The number of hydrogen-bond acceptors (Lipinski definition) is 4. The largest absolute Gasteiger partial charge is 0.340 e. The van der Waals surface area contributed by atoms with Gasteiger partial charge in [0, 0.05) is 17.3 Å². The van der Waals surface area contributed by atoms with Crippen LogP contribution in [0.25, 0.3) is 0 Å². The molecule has 0 bridgehead atoms. The average Bonchev–Trinajstić information content (AvgIpc) is 2.89. The summed E-state index contributed by atoms with van der Waals surface area (Å²) < 4.78 is 0. The number of nitrogens with zero attached hydrogens (tertiary/aromatic N) is 2. The van der Waals surface area contributed by atoms with E-state index in [2.05, 4.69) is 23.4 Å². The maximum atomic E-state index is 12.1. The first-order valence-corrected chi connectivity index (χ1v) is 7.50. The molecule has 0 spiro atoms. The molecule has 0 unspecified atom stereocenters. The summed E-state index contributed by atoms with van der Waals surface area (Å²) in [7, 11) is 1.85. The molecule has 0 atom stereocenters. The number of likely N-dealkylation sites (N-methyl/N-ethyl adjacent to an activating group) is 1. The molecule has 1 amide bonds. The van der Waals surface area contributed by atoms with Crippen molar-refractivity contribution in [1.29, 1.82) is 0 Å². The van der Waals surface area contributed by atoms with Gasteiger partial charge in [-0.3, -0.25) is 4.79 Å². The van der Waals surface area contributed by atoms with Crippen molar-refractivity contribution >= 4 is 28.6 Å². The summed E-state index contributed by atoms with van der Waals surface area (Å²) >= 11 is 3.28. The van der Waals surface area contributed by atoms with E-state index in [0.29, 0.717) is 13.0 Å². The van der Waals surface area contributed by atoms with Gasteiger partial charge in [0.15, 0.2) is 0 Å². The monoisotopic (exact) mass is 280 g/mol. The minimum atomic E-state index is 0.119. The first-order valence-electron chi connectivity index (χ1n) is 5.74. The van der Waals surface area contributed by atoms with Crippen LogP contribution in [0.1, 0.15) is 21.1 Å². The third-order valence-corrected chi connectivity index (χ3v) is 4.60. The van der Waals surface area contributed by atoms with E-state index in [4.69, 9.17) is 0 Å². The Hall–Kier alpha value is -1.20. The number of aromatic nitrogens is 1. The summed E-state index contributed by atoms with van der Waals surface area (Å²) in [5.74, 6) is 0.119. The Morgan fingerprint density at radius 2 is 2.17 bits per heavy atom. The molecule has 0 fully saturated rings. The molecule has 0 aliphatic carbocycles. The highest BCUT2D eigenvalue weighted by molar-refractivity contribution is 7.10. The number of rotatable bonds is 4. The zero-order valence-corrected chi connectivity index (χ0v) is 12.4. The molecule has 0 radical (unpaired) electrons. The van der Waals surface area contributed by atoms with E-state index in [9.17, 15) is 4.79 Å². The molecule has 0 saturated heterocycles. The van der Waals surface area contributed by atoms with Crippen LogP contribution in [0.5, 0.6) is 0 Å². The molecule has 0 saturated carbocycles.